The molecule has 0 aromatic carbocycles. The van der Waals surface area contributed by atoms with Crippen LogP contribution in [0.4, 0.5) is 0 Å². The molecule has 5 heteroatoms. The summed E-state index contributed by atoms with van der Waals surface area (Å²) in [4.78, 5) is 16.2. The van der Waals surface area contributed by atoms with Gasteiger partial charge in [-0.1, -0.05) is 20.8 Å². The molecule has 0 aliphatic rings. The summed E-state index contributed by atoms with van der Waals surface area (Å²) in [6.07, 6.45) is 0.137. The number of rotatable bonds is 4. The number of nitrogens with zero attached hydrogens (tertiary/aromatic N) is 1. The predicted octanol–water partition coefficient (Wildman–Crippen LogP) is 1.71. The zero-order chi connectivity index (χ0) is 14.8. The van der Waals surface area contributed by atoms with Crippen molar-refractivity contribution in [1.82, 2.24) is 10.3 Å². The number of hydrogen-bond acceptors (Lipinski definition) is 4. The molecule has 0 aliphatic heterocycles. The van der Waals surface area contributed by atoms with Gasteiger partial charge in [0, 0.05) is 5.41 Å². The first-order valence-electron chi connectivity index (χ1n) is 6.44. The largest absolute Gasteiger partial charge is 0.444 e. The fourth-order valence-corrected chi connectivity index (χ4v) is 1.52. The fourth-order valence-electron chi connectivity index (χ4n) is 1.52. The molecule has 0 bridgehead atoms. The molecule has 1 aromatic heterocycles. The van der Waals surface area contributed by atoms with Crippen molar-refractivity contribution in [1.29, 1.82) is 0 Å². The molecule has 1 amide bonds. The summed E-state index contributed by atoms with van der Waals surface area (Å²) >= 11 is 0. The Morgan fingerprint density at radius 2 is 1.89 bits per heavy atom. The maximum absolute atomic E-state index is 11.9. The number of aryl methyl sites for hydroxylation is 1. The van der Waals surface area contributed by atoms with E-state index in [0.717, 1.165) is 5.69 Å². The second-order valence-corrected chi connectivity index (χ2v) is 6.54. The Kier molecular flexibility index (Phi) is 4.40. The van der Waals surface area contributed by atoms with Crippen molar-refractivity contribution in [2.24, 2.45) is 0 Å². The van der Waals surface area contributed by atoms with Crippen LogP contribution < -0.4 is 5.32 Å². The molecular formula is C14H24N2O3. The molecule has 0 atom stereocenters. The molecule has 1 aromatic rings. The SMILES string of the molecule is Cc1nc(C(C)(C)C)oc1CC(=O)NC(C)(C)CO. The van der Waals surface area contributed by atoms with Crippen LogP contribution in [0.25, 0.3) is 0 Å². The van der Waals surface area contributed by atoms with Crippen LogP contribution in [0.2, 0.25) is 0 Å². The zero-order valence-electron chi connectivity index (χ0n) is 12.6. The van der Waals surface area contributed by atoms with Gasteiger partial charge in [-0.15, -0.1) is 0 Å². The Bertz CT molecular complexity index is 456. The fraction of sp³-hybridized carbons (Fsp3) is 0.714. The van der Waals surface area contributed by atoms with E-state index in [1.807, 2.05) is 27.7 Å². The molecule has 2 N–H and O–H groups in total. The van der Waals surface area contributed by atoms with Gasteiger partial charge in [-0.05, 0) is 20.8 Å². The Morgan fingerprint density at radius 3 is 2.32 bits per heavy atom. The van der Waals surface area contributed by atoms with Crippen LogP contribution in [-0.4, -0.2) is 28.1 Å². The Morgan fingerprint density at radius 1 is 1.32 bits per heavy atom. The number of aliphatic hydroxyl groups excluding tert-OH is 1. The third-order valence-corrected chi connectivity index (χ3v) is 2.73. The molecule has 0 spiro atoms. The standard InChI is InChI=1S/C14H24N2O3/c1-9-10(19-12(15-9)13(2,3)4)7-11(18)16-14(5,6)8-17/h17H,7-8H2,1-6H3,(H,16,18). The lowest BCUT2D eigenvalue weighted by Gasteiger charge is -2.23. The number of aliphatic hydroxyl groups is 1. The number of nitrogens with one attached hydrogen (secondary N) is 1. The van der Waals surface area contributed by atoms with Gasteiger partial charge in [-0.2, -0.15) is 0 Å². The Labute approximate surface area is 114 Å². The van der Waals surface area contributed by atoms with Crippen molar-refractivity contribution < 1.29 is 14.3 Å². The maximum Gasteiger partial charge on any atom is 0.228 e. The Balaban J connectivity index is 2.78. The third-order valence-electron chi connectivity index (χ3n) is 2.73. The first-order chi connectivity index (χ1) is 8.55. The number of carbonyl (C=O) groups excluding carboxylic acids is 1. The van der Waals surface area contributed by atoms with Crippen LogP contribution in [0.1, 0.15) is 52.0 Å². The van der Waals surface area contributed by atoms with Crippen LogP contribution in [-0.2, 0) is 16.6 Å². The minimum atomic E-state index is -0.627. The summed E-state index contributed by atoms with van der Waals surface area (Å²) < 4.78 is 5.66. The van der Waals surface area contributed by atoms with Gasteiger partial charge in [0.25, 0.3) is 0 Å². The molecule has 0 saturated carbocycles. The molecular weight excluding hydrogens is 244 g/mol. The molecule has 0 radical (unpaired) electrons. The summed E-state index contributed by atoms with van der Waals surface area (Å²) in [6, 6.07) is 0. The van der Waals surface area contributed by atoms with E-state index in [9.17, 15) is 4.79 Å². The van der Waals surface area contributed by atoms with Gasteiger partial charge in [0.15, 0.2) is 5.89 Å². The van der Waals surface area contributed by atoms with Gasteiger partial charge in [0.05, 0.1) is 24.3 Å². The van der Waals surface area contributed by atoms with Crippen LogP contribution in [0, 0.1) is 6.92 Å². The molecule has 0 fully saturated rings. The van der Waals surface area contributed by atoms with Crippen LogP contribution in [0.15, 0.2) is 4.42 Å². The van der Waals surface area contributed by atoms with E-state index >= 15 is 0 Å². The summed E-state index contributed by atoms with van der Waals surface area (Å²) in [5.41, 5.74) is -0.0660. The van der Waals surface area contributed by atoms with Crippen molar-refractivity contribution >= 4 is 5.91 Å². The van der Waals surface area contributed by atoms with Gasteiger partial charge in [0.1, 0.15) is 5.76 Å². The molecule has 108 valence electrons. The normalized spacial score (nSPS) is 12.6. The van der Waals surface area contributed by atoms with Crippen molar-refractivity contribution in [3.05, 3.63) is 17.3 Å². The van der Waals surface area contributed by atoms with Gasteiger partial charge >= 0.3 is 0 Å². The molecule has 1 heterocycles. The van der Waals surface area contributed by atoms with E-state index in [1.54, 1.807) is 13.8 Å². The zero-order valence-corrected chi connectivity index (χ0v) is 12.6. The highest BCUT2D eigenvalue weighted by atomic mass is 16.4. The summed E-state index contributed by atoms with van der Waals surface area (Å²) in [6.45, 7) is 11.3. The second-order valence-electron chi connectivity index (χ2n) is 6.54. The lowest BCUT2D eigenvalue weighted by molar-refractivity contribution is -0.122. The molecule has 5 nitrogen and oxygen atoms in total. The summed E-state index contributed by atoms with van der Waals surface area (Å²) in [5.74, 6) is 1.03. The first-order valence-corrected chi connectivity index (χ1v) is 6.44. The van der Waals surface area contributed by atoms with Crippen LogP contribution >= 0.6 is 0 Å². The van der Waals surface area contributed by atoms with Crippen molar-refractivity contribution in [2.45, 2.75) is 58.9 Å². The smallest absolute Gasteiger partial charge is 0.228 e. The van der Waals surface area contributed by atoms with E-state index in [-0.39, 0.29) is 24.3 Å². The summed E-state index contributed by atoms with van der Waals surface area (Å²) in [7, 11) is 0. The van der Waals surface area contributed by atoms with Crippen molar-refractivity contribution in [3.8, 4) is 0 Å². The molecule has 0 saturated heterocycles. The molecule has 0 unspecified atom stereocenters. The highest BCUT2D eigenvalue weighted by Crippen LogP contribution is 2.24. The van der Waals surface area contributed by atoms with Gasteiger partial charge < -0.3 is 14.8 Å². The lowest BCUT2D eigenvalue weighted by Crippen LogP contribution is -2.46. The molecule has 19 heavy (non-hydrogen) atoms. The van der Waals surface area contributed by atoms with E-state index in [1.165, 1.54) is 0 Å². The minimum absolute atomic E-state index is 0.110. The van der Waals surface area contributed by atoms with Crippen molar-refractivity contribution in [2.75, 3.05) is 6.61 Å². The van der Waals surface area contributed by atoms with Crippen LogP contribution in [0.3, 0.4) is 0 Å². The number of hydrogen-bond donors (Lipinski definition) is 2. The van der Waals surface area contributed by atoms with E-state index in [4.69, 9.17) is 9.52 Å². The van der Waals surface area contributed by atoms with E-state index < -0.39 is 5.54 Å². The minimum Gasteiger partial charge on any atom is -0.444 e. The average Bonchev–Trinajstić information content (AvgIpc) is 2.59. The van der Waals surface area contributed by atoms with E-state index in [0.29, 0.717) is 11.7 Å². The lowest BCUT2D eigenvalue weighted by atomic mass is 9.97. The monoisotopic (exact) mass is 268 g/mol. The summed E-state index contributed by atoms with van der Waals surface area (Å²) in [5, 5.41) is 11.9. The number of oxazole rings is 1. The number of amides is 1. The topological polar surface area (TPSA) is 75.4 Å². The Hall–Kier alpha value is -1.36. The predicted molar refractivity (Wildman–Crippen MR) is 73.0 cm³/mol. The first kappa shape index (κ1) is 15.7. The van der Waals surface area contributed by atoms with Crippen LogP contribution in [0.5, 0.6) is 0 Å². The highest BCUT2D eigenvalue weighted by Gasteiger charge is 2.25. The quantitative estimate of drug-likeness (QED) is 0.871. The molecule has 0 aliphatic carbocycles. The highest BCUT2D eigenvalue weighted by molar-refractivity contribution is 5.78. The van der Waals surface area contributed by atoms with Gasteiger partial charge in [-0.3, -0.25) is 4.79 Å². The average molecular weight is 268 g/mol. The number of aromatic nitrogens is 1. The van der Waals surface area contributed by atoms with Gasteiger partial charge in [0.2, 0.25) is 5.91 Å². The van der Waals surface area contributed by atoms with E-state index in [2.05, 4.69) is 10.3 Å². The third kappa shape index (κ3) is 4.35. The van der Waals surface area contributed by atoms with Gasteiger partial charge in [-0.25, -0.2) is 4.98 Å². The molecule has 1 rings (SSSR count). The number of carbonyl (C=O) groups is 1. The van der Waals surface area contributed by atoms with Crippen molar-refractivity contribution in [3.63, 3.8) is 0 Å². The second kappa shape index (κ2) is 5.33. The maximum atomic E-state index is 11.9.